The first-order chi connectivity index (χ1) is 11.1. The van der Waals surface area contributed by atoms with Crippen molar-refractivity contribution in [3.63, 3.8) is 0 Å². The van der Waals surface area contributed by atoms with Crippen LogP contribution in [0.25, 0.3) is 0 Å². The first kappa shape index (κ1) is 16.1. The molecule has 0 unspecified atom stereocenters. The van der Waals surface area contributed by atoms with Crippen LogP contribution in [-0.2, 0) is 9.53 Å². The molecule has 23 heavy (non-hydrogen) atoms. The van der Waals surface area contributed by atoms with E-state index in [0.29, 0.717) is 6.61 Å². The van der Waals surface area contributed by atoms with Crippen LogP contribution in [0.4, 0.5) is 5.82 Å². The molecule has 0 bridgehead atoms. The molecule has 1 aromatic rings. The van der Waals surface area contributed by atoms with Crippen LogP contribution in [0.5, 0.6) is 0 Å². The van der Waals surface area contributed by atoms with Gasteiger partial charge in [-0.3, -0.25) is 4.79 Å². The molecule has 1 N–H and O–H groups in total. The first-order valence-corrected chi connectivity index (χ1v) is 8.32. The molecule has 126 valence electrons. The molecular weight excluding hydrogens is 294 g/mol. The smallest absolute Gasteiger partial charge is 0.219 e. The zero-order chi connectivity index (χ0) is 16.2. The number of aryl methyl sites for hydroxylation is 1. The Kier molecular flexibility index (Phi) is 5.07. The van der Waals surface area contributed by atoms with E-state index in [1.807, 2.05) is 17.9 Å². The summed E-state index contributed by atoms with van der Waals surface area (Å²) in [5, 5.41) is 3.34. The van der Waals surface area contributed by atoms with E-state index in [9.17, 15) is 4.79 Å². The van der Waals surface area contributed by atoms with Crippen LogP contribution in [0.3, 0.4) is 0 Å². The van der Waals surface area contributed by atoms with Gasteiger partial charge in [-0.15, -0.1) is 0 Å². The van der Waals surface area contributed by atoms with Crippen LogP contribution in [0.2, 0.25) is 0 Å². The van der Waals surface area contributed by atoms with Gasteiger partial charge in [0.2, 0.25) is 5.91 Å². The van der Waals surface area contributed by atoms with Crippen molar-refractivity contribution in [3.8, 4) is 0 Å². The Labute approximate surface area is 137 Å². The molecule has 0 aliphatic carbocycles. The molecule has 0 spiro atoms. The summed E-state index contributed by atoms with van der Waals surface area (Å²) in [5.74, 6) is 1.85. The van der Waals surface area contributed by atoms with Crippen molar-refractivity contribution in [2.24, 2.45) is 0 Å². The van der Waals surface area contributed by atoms with Crippen LogP contribution < -0.4 is 10.2 Å². The minimum atomic E-state index is -0.00936. The third-order valence-electron chi connectivity index (χ3n) is 4.37. The Balaban J connectivity index is 1.76. The number of carbonyl (C=O) groups excluding carboxylic acids is 1. The Morgan fingerprint density at radius 2 is 2.17 bits per heavy atom. The van der Waals surface area contributed by atoms with Crippen molar-refractivity contribution < 1.29 is 9.53 Å². The average molecular weight is 319 g/mol. The first-order valence-electron chi connectivity index (χ1n) is 8.32. The fourth-order valence-corrected chi connectivity index (χ4v) is 3.12. The third-order valence-corrected chi connectivity index (χ3v) is 4.37. The molecule has 0 saturated carbocycles. The van der Waals surface area contributed by atoms with E-state index in [0.717, 1.165) is 63.0 Å². The van der Waals surface area contributed by atoms with Crippen LogP contribution in [0, 0.1) is 6.92 Å². The minimum absolute atomic E-state index is 0.00936. The van der Waals surface area contributed by atoms with E-state index in [-0.39, 0.29) is 12.0 Å². The van der Waals surface area contributed by atoms with Crippen LogP contribution in [0.15, 0.2) is 6.07 Å². The summed E-state index contributed by atoms with van der Waals surface area (Å²) in [5.41, 5.74) is 0.937. The third kappa shape index (κ3) is 3.97. The number of morpholine rings is 1. The largest absolute Gasteiger partial charge is 0.369 e. The molecule has 1 aromatic heterocycles. The zero-order valence-corrected chi connectivity index (χ0v) is 13.9. The summed E-state index contributed by atoms with van der Waals surface area (Å²) >= 11 is 0. The van der Waals surface area contributed by atoms with Crippen molar-refractivity contribution in [1.29, 1.82) is 0 Å². The second-order valence-electron chi connectivity index (χ2n) is 6.11. The van der Waals surface area contributed by atoms with Gasteiger partial charge in [0.05, 0.1) is 12.3 Å². The Morgan fingerprint density at radius 3 is 2.91 bits per heavy atom. The maximum atomic E-state index is 11.6. The van der Waals surface area contributed by atoms with Gasteiger partial charge in [0.25, 0.3) is 0 Å². The fraction of sp³-hybridized carbons (Fsp3) is 0.688. The number of carbonyl (C=O) groups is 1. The number of aromatic nitrogens is 2. The fourth-order valence-electron chi connectivity index (χ4n) is 3.12. The molecule has 1 amide bonds. The zero-order valence-electron chi connectivity index (χ0n) is 13.9. The molecule has 1 atom stereocenters. The Morgan fingerprint density at radius 1 is 1.30 bits per heavy atom. The molecule has 7 nitrogen and oxygen atoms in total. The molecule has 3 heterocycles. The summed E-state index contributed by atoms with van der Waals surface area (Å²) in [7, 11) is 0. The van der Waals surface area contributed by atoms with Gasteiger partial charge in [0.1, 0.15) is 17.7 Å². The average Bonchev–Trinajstić information content (AvgIpc) is 2.81. The maximum Gasteiger partial charge on any atom is 0.219 e. The van der Waals surface area contributed by atoms with Crippen molar-refractivity contribution in [1.82, 2.24) is 20.2 Å². The SMILES string of the molecule is CC(=O)N1CCCN(c2cc([C@@H]3CNCCO3)nc(C)n2)CC1. The van der Waals surface area contributed by atoms with E-state index in [4.69, 9.17) is 4.74 Å². The molecule has 2 saturated heterocycles. The molecule has 3 rings (SSSR count). The van der Waals surface area contributed by atoms with E-state index >= 15 is 0 Å². The number of nitrogens with zero attached hydrogens (tertiary/aromatic N) is 4. The van der Waals surface area contributed by atoms with Crippen LogP contribution >= 0.6 is 0 Å². The molecular formula is C16H25N5O2. The van der Waals surface area contributed by atoms with Crippen molar-refractivity contribution in [3.05, 3.63) is 17.6 Å². The van der Waals surface area contributed by atoms with E-state index in [2.05, 4.69) is 20.2 Å². The lowest BCUT2D eigenvalue weighted by molar-refractivity contribution is -0.128. The summed E-state index contributed by atoms with van der Waals surface area (Å²) in [6.45, 7) is 9.21. The van der Waals surface area contributed by atoms with E-state index in [1.165, 1.54) is 0 Å². The summed E-state index contributed by atoms with van der Waals surface area (Å²) < 4.78 is 5.81. The number of ether oxygens (including phenoxy) is 1. The van der Waals surface area contributed by atoms with Crippen molar-refractivity contribution >= 4 is 11.7 Å². The molecule has 7 heteroatoms. The minimum Gasteiger partial charge on any atom is -0.369 e. The van der Waals surface area contributed by atoms with Crippen LogP contribution in [0.1, 0.15) is 31.0 Å². The van der Waals surface area contributed by atoms with Gasteiger partial charge in [-0.05, 0) is 13.3 Å². The lowest BCUT2D eigenvalue weighted by Gasteiger charge is -2.26. The van der Waals surface area contributed by atoms with Gasteiger partial charge >= 0.3 is 0 Å². The number of nitrogens with one attached hydrogen (secondary N) is 1. The van der Waals surface area contributed by atoms with Crippen molar-refractivity contribution in [2.75, 3.05) is 50.8 Å². The van der Waals surface area contributed by atoms with Gasteiger partial charge in [-0.25, -0.2) is 9.97 Å². The van der Waals surface area contributed by atoms with Gasteiger partial charge in [0.15, 0.2) is 0 Å². The number of hydrogen-bond acceptors (Lipinski definition) is 6. The summed E-state index contributed by atoms with van der Waals surface area (Å²) in [4.78, 5) is 24.9. The highest BCUT2D eigenvalue weighted by Gasteiger charge is 2.22. The number of hydrogen-bond donors (Lipinski definition) is 1. The lowest BCUT2D eigenvalue weighted by Crippen LogP contribution is -2.35. The quantitative estimate of drug-likeness (QED) is 0.856. The number of amides is 1. The molecule has 0 aromatic carbocycles. The summed E-state index contributed by atoms with van der Waals surface area (Å²) in [6.07, 6.45) is 0.948. The van der Waals surface area contributed by atoms with Crippen molar-refractivity contribution in [2.45, 2.75) is 26.4 Å². The predicted molar refractivity (Wildman–Crippen MR) is 87.4 cm³/mol. The highest BCUT2D eigenvalue weighted by atomic mass is 16.5. The second kappa shape index (κ2) is 7.23. The number of rotatable bonds is 2. The normalized spacial score (nSPS) is 22.8. The highest BCUT2D eigenvalue weighted by Crippen LogP contribution is 2.22. The standard InChI is InChI=1S/C16H25N5O2/c1-12-18-14(15-11-17-4-9-23-15)10-16(19-12)21-6-3-5-20(7-8-21)13(2)22/h10,15,17H,3-9,11H2,1-2H3/t15-/m0/s1. The Hall–Kier alpha value is -1.73. The monoisotopic (exact) mass is 319 g/mol. The molecule has 0 radical (unpaired) electrons. The highest BCUT2D eigenvalue weighted by molar-refractivity contribution is 5.73. The van der Waals surface area contributed by atoms with E-state index < -0.39 is 0 Å². The van der Waals surface area contributed by atoms with Gasteiger partial charge in [-0.2, -0.15) is 0 Å². The van der Waals surface area contributed by atoms with Gasteiger partial charge in [-0.1, -0.05) is 0 Å². The summed E-state index contributed by atoms with van der Waals surface area (Å²) in [6, 6.07) is 2.04. The van der Waals surface area contributed by atoms with Gasteiger partial charge in [0, 0.05) is 52.3 Å². The molecule has 2 fully saturated rings. The molecule has 2 aliphatic heterocycles. The van der Waals surface area contributed by atoms with Gasteiger partial charge < -0.3 is 19.9 Å². The Bertz CT molecular complexity index is 559. The maximum absolute atomic E-state index is 11.6. The van der Waals surface area contributed by atoms with Crippen LogP contribution in [-0.4, -0.2) is 66.7 Å². The lowest BCUT2D eigenvalue weighted by atomic mass is 10.2. The topological polar surface area (TPSA) is 70.6 Å². The number of anilines is 1. The van der Waals surface area contributed by atoms with E-state index in [1.54, 1.807) is 6.92 Å². The second-order valence-corrected chi connectivity index (χ2v) is 6.11. The molecule has 2 aliphatic rings. The predicted octanol–water partition coefficient (Wildman–Crippen LogP) is 0.505.